The molecule has 1 aromatic carbocycles. The molecule has 154 valence electrons. The molecule has 0 unspecified atom stereocenters. The van der Waals surface area contributed by atoms with E-state index in [1.165, 1.54) is 0 Å². The third-order valence-electron chi connectivity index (χ3n) is 5.41. The number of hydrogen-bond donors (Lipinski definition) is 2. The smallest absolute Gasteiger partial charge is 0.220 e. The zero-order valence-corrected chi connectivity index (χ0v) is 17.1. The summed E-state index contributed by atoms with van der Waals surface area (Å²) in [5, 5.41) is 6.20. The van der Waals surface area contributed by atoms with Gasteiger partial charge in [0.2, 0.25) is 11.8 Å². The van der Waals surface area contributed by atoms with E-state index in [1.54, 1.807) is 13.3 Å². The molecule has 1 aromatic heterocycles. The summed E-state index contributed by atoms with van der Waals surface area (Å²) in [5.41, 5.74) is 1.81. The summed E-state index contributed by atoms with van der Waals surface area (Å²) < 4.78 is 5.31. The van der Waals surface area contributed by atoms with Gasteiger partial charge in [0.05, 0.1) is 7.11 Å². The Hall–Kier alpha value is -2.89. The van der Waals surface area contributed by atoms with Crippen LogP contribution in [0.2, 0.25) is 0 Å². The van der Waals surface area contributed by atoms with Crippen molar-refractivity contribution >= 4 is 11.8 Å². The summed E-state index contributed by atoms with van der Waals surface area (Å²) in [7, 11) is 1.64. The van der Waals surface area contributed by atoms with Gasteiger partial charge in [0.1, 0.15) is 5.75 Å². The standard InChI is InChI=1S/C23H29N3O3/c1-17(13-19-6-4-12-24-16-19)25-21(27)8-10-23(11-9-22(28)26-23)15-18-5-3-7-20(14-18)29-2/h3-7,12,14,16-17H,8-11,13,15H2,1-2H3,(H,25,27)(H,26,28)/t17-,23-/m1/s1. The van der Waals surface area contributed by atoms with E-state index >= 15 is 0 Å². The number of rotatable bonds is 9. The Morgan fingerprint density at radius 2 is 2.14 bits per heavy atom. The molecule has 3 rings (SSSR count). The number of carbonyl (C=O) groups excluding carboxylic acids is 2. The third-order valence-corrected chi connectivity index (χ3v) is 5.41. The van der Waals surface area contributed by atoms with Crippen molar-refractivity contribution < 1.29 is 14.3 Å². The zero-order valence-electron chi connectivity index (χ0n) is 17.1. The fourth-order valence-corrected chi connectivity index (χ4v) is 3.98. The maximum Gasteiger partial charge on any atom is 0.220 e. The summed E-state index contributed by atoms with van der Waals surface area (Å²) >= 11 is 0. The van der Waals surface area contributed by atoms with Crippen LogP contribution < -0.4 is 15.4 Å². The molecule has 6 nitrogen and oxygen atoms in total. The van der Waals surface area contributed by atoms with Gasteiger partial charge in [0, 0.05) is 36.8 Å². The molecule has 29 heavy (non-hydrogen) atoms. The predicted octanol–water partition coefficient (Wildman–Crippen LogP) is 2.81. The average Bonchev–Trinajstić information content (AvgIpc) is 3.08. The topological polar surface area (TPSA) is 80.3 Å². The van der Waals surface area contributed by atoms with Gasteiger partial charge >= 0.3 is 0 Å². The van der Waals surface area contributed by atoms with Crippen molar-refractivity contribution in [3.05, 3.63) is 59.9 Å². The molecular formula is C23H29N3O3. The Bertz CT molecular complexity index is 840. The number of benzene rings is 1. The van der Waals surface area contributed by atoms with Crippen molar-refractivity contribution in [1.29, 1.82) is 0 Å². The second-order valence-corrected chi connectivity index (χ2v) is 7.89. The number of methoxy groups -OCH3 is 1. The first-order valence-corrected chi connectivity index (χ1v) is 10.1. The highest BCUT2D eigenvalue weighted by Gasteiger charge is 2.38. The molecule has 0 radical (unpaired) electrons. The quantitative estimate of drug-likeness (QED) is 0.684. The molecule has 1 aliphatic heterocycles. The fourth-order valence-electron chi connectivity index (χ4n) is 3.98. The highest BCUT2D eigenvalue weighted by Crippen LogP contribution is 2.30. The van der Waals surface area contributed by atoms with Gasteiger partial charge < -0.3 is 15.4 Å². The lowest BCUT2D eigenvalue weighted by atomic mass is 9.85. The molecule has 2 aromatic rings. The third kappa shape index (κ3) is 6.04. The highest BCUT2D eigenvalue weighted by molar-refractivity contribution is 5.80. The number of aromatic nitrogens is 1. The van der Waals surface area contributed by atoms with E-state index in [0.29, 0.717) is 25.7 Å². The number of ether oxygens (including phenoxy) is 1. The number of nitrogens with one attached hydrogen (secondary N) is 2. The maximum absolute atomic E-state index is 12.5. The fraction of sp³-hybridized carbons (Fsp3) is 0.435. The molecule has 0 bridgehead atoms. The first-order chi connectivity index (χ1) is 14.0. The Morgan fingerprint density at radius 1 is 1.31 bits per heavy atom. The van der Waals surface area contributed by atoms with Gasteiger partial charge in [-0.1, -0.05) is 18.2 Å². The molecule has 2 N–H and O–H groups in total. The van der Waals surface area contributed by atoms with Crippen molar-refractivity contribution in [2.75, 3.05) is 7.11 Å². The van der Waals surface area contributed by atoms with E-state index < -0.39 is 0 Å². The Balaban J connectivity index is 1.57. The summed E-state index contributed by atoms with van der Waals surface area (Å²) in [6.45, 7) is 1.99. The van der Waals surface area contributed by atoms with Gasteiger partial charge in [-0.2, -0.15) is 0 Å². The summed E-state index contributed by atoms with van der Waals surface area (Å²) in [5.74, 6) is 0.856. The number of carbonyl (C=O) groups is 2. The van der Waals surface area contributed by atoms with E-state index in [2.05, 4.69) is 15.6 Å². The molecule has 1 saturated heterocycles. The number of amides is 2. The van der Waals surface area contributed by atoms with Gasteiger partial charge in [-0.05, 0) is 61.9 Å². The Kier molecular flexibility index (Phi) is 6.86. The van der Waals surface area contributed by atoms with Crippen LogP contribution in [0.25, 0.3) is 0 Å². The minimum absolute atomic E-state index is 0.00700. The Labute approximate surface area is 172 Å². The SMILES string of the molecule is COc1cccc(C[C@@]2(CCC(=O)N[C@H](C)Cc3cccnc3)CCC(=O)N2)c1. The van der Waals surface area contributed by atoms with E-state index in [-0.39, 0.29) is 23.4 Å². The van der Waals surface area contributed by atoms with Crippen LogP contribution in [-0.2, 0) is 22.4 Å². The highest BCUT2D eigenvalue weighted by atomic mass is 16.5. The lowest BCUT2D eigenvalue weighted by Crippen LogP contribution is -2.45. The normalized spacial score (nSPS) is 19.4. The largest absolute Gasteiger partial charge is 0.497 e. The first-order valence-electron chi connectivity index (χ1n) is 10.1. The summed E-state index contributed by atoms with van der Waals surface area (Å²) in [4.78, 5) is 28.6. The summed E-state index contributed by atoms with van der Waals surface area (Å²) in [6.07, 6.45) is 7.22. The predicted molar refractivity (Wildman–Crippen MR) is 112 cm³/mol. The number of pyridine rings is 1. The summed E-state index contributed by atoms with van der Waals surface area (Å²) in [6, 6.07) is 11.8. The first kappa shape index (κ1) is 20.8. The molecule has 0 spiro atoms. The van der Waals surface area contributed by atoms with E-state index in [1.807, 2.05) is 49.5 Å². The van der Waals surface area contributed by atoms with Gasteiger partial charge in [0.25, 0.3) is 0 Å². The lowest BCUT2D eigenvalue weighted by molar-refractivity contribution is -0.123. The van der Waals surface area contributed by atoms with Gasteiger partial charge in [-0.15, -0.1) is 0 Å². The molecular weight excluding hydrogens is 366 g/mol. The zero-order chi connectivity index (χ0) is 20.7. The Morgan fingerprint density at radius 3 is 2.83 bits per heavy atom. The van der Waals surface area contributed by atoms with Crippen molar-refractivity contribution in [2.24, 2.45) is 0 Å². The second kappa shape index (κ2) is 9.54. The number of nitrogens with zero attached hydrogens (tertiary/aromatic N) is 1. The molecule has 1 fully saturated rings. The molecule has 1 aliphatic rings. The van der Waals surface area contributed by atoms with Crippen LogP contribution in [0.15, 0.2) is 48.8 Å². The molecule has 6 heteroatoms. The molecule has 0 saturated carbocycles. The van der Waals surface area contributed by atoms with Crippen molar-refractivity contribution in [1.82, 2.24) is 15.6 Å². The lowest BCUT2D eigenvalue weighted by Gasteiger charge is -2.29. The van der Waals surface area contributed by atoms with Crippen LogP contribution in [0.3, 0.4) is 0 Å². The van der Waals surface area contributed by atoms with Gasteiger partial charge in [-0.3, -0.25) is 14.6 Å². The number of hydrogen-bond acceptors (Lipinski definition) is 4. The van der Waals surface area contributed by atoms with Crippen LogP contribution in [0.5, 0.6) is 5.75 Å². The van der Waals surface area contributed by atoms with Crippen LogP contribution in [0, 0.1) is 0 Å². The van der Waals surface area contributed by atoms with Gasteiger partial charge in [0.15, 0.2) is 0 Å². The van der Waals surface area contributed by atoms with E-state index in [0.717, 1.165) is 29.7 Å². The van der Waals surface area contributed by atoms with E-state index in [9.17, 15) is 9.59 Å². The monoisotopic (exact) mass is 395 g/mol. The van der Waals surface area contributed by atoms with Crippen LogP contribution in [0.1, 0.15) is 43.7 Å². The molecule has 2 atom stereocenters. The van der Waals surface area contributed by atoms with Gasteiger partial charge in [-0.25, -0.2) is 0 Å². The van der Waals surface area contributed by atoms with E-state index in [4.69, 9.17) is 4.74 Å². The van der Waals surface area contributed by atoms with Crippen LogP contribution in [-0.4, -0.2) is 35.5 Å². The average molecular weight is 396 g/mol. The van der Waals surface area contributed by atoms with Crippen LogP contribution >= 0.6 is 0 Å². The second-order valence-electron chi connectivity index (χ2n) is 7.89. The van der Waals surface area contributed by atoms with Crippen molar-refractivity contribution in [3.63, 3.8) is 0 Å². The van der Waals surface area contributed by atoms with Crippen LogP contribution in [0.4, 0.5) is 0 Å². The molecule has 0 aliphatic carbocycles. The minimum atomic E-state index is -0.382. The minimum Gasteiger partial charge on any atom is -0.497 e. The molecule has 2 amide bonds. The maximum atomic E-state index is 12.5. The van der Waals surface area contributed by atoms with Crippen molar-refractivity contribution in [2.45, 2.75) is 57.0 Å². The van der Waals surface area contributed by atoms with Crippen molar-refractivity contribution in [3.8, 4) is 5.75 Å². The molecule has 2 heterocycles.